The van der Waals surface area contributed by atoms with Crippen molar-refractivity contribution >= 4 is 83.8 Å². The van der Waals surface area contributed by atoms with Crippen LogP contribution in [0.4, 0.5) is 28.8 Å². The Hall–Kier alpha value is -4.92. The van der Waals surface area contributed by atoms with Gasteiger partial charge in [0.1, 0.15) is 34.5 Å². The minimum Gasteiger partial charge on any atom is -0.870 e. The van der Waals surface area contributed by atoms with Crippen LogP contribution in [0.1, 0.15) is 131 Å². The molecule has 2 fully saturated rings. The molecular formula is C60H111N10NaO19S2. The van der Waals surface area contributed by atoms with Gasteiger partial charge in [-0.05, 0) is 155 Å². The average molecular weight is 1360 g/mol. The Morgan fingerprint density at radius 2 is 0.663 bits per heavy atom. The van der Waals surface area contributed by atoms with Gasteiger partial charge in [-0.2, -0.15) is 23.5 Å². The third kappa shape index (κ3) is 40.4. The summed E-state index contributed by atoms with van der Waals surface area (Å²) < 4.78 is 38.5. The molecule has 2 aliphatic heterocycles. The number of hydrogen-bond acceptors (Lipinski definition) is 22. The van der Waals surface area contributed by atoms with E-state index < -0.39 is 88.9 Å². The van der Waals surface area contributed by atoms with Gasteiger partial charge < -0.3 is 83.8 Å². The summed E-state index contributed by atoms with van der Waals surface area (Å²) in [5, 5.41) is 14.9. The summed E-state index contributed by atoms with van der Waals surface area (Å²) in [6.45, 7) is 32.4. The maximum absolute atomic E-state index is 13.2. The summed E-state index contributed by atoms with van der Waals surface area (Å²) in [5.74, 6) is -1.25. The molecule has 0 aromatic carbocycles. The molecule has 0 bridgehead atoms. The molecule has 2 aliphatic rings. The van der Waals surface area contributed by atoms with Gasteiger partial charge in [0, 0.05) is 105 Å². The molecule has 2 atom stereocenters. The molecule has 0 aromatic rings. The molecule has 0 aliphatic carbocycles. The van der Waals surface area contributed by atoms with Crippen LogP contribution in [-0.4, -0.2) is 305 Å². The Bertz CT molecular complexity index is 2290. The average Bonchev–Trinajstić information content (AvgIpc) is 1.35. The van der Waals surface area contributed by atoms with Gasteiger partial charge in [-0.15, -0.1) is 0 Å². The number of carbonyl (C=O) groups is 10. The van der Waals surface area contributed by atoms with Gasteiger partial charge in [0.25, 0.3) is 0 Å². The first-order chi connectivity index (χ1) is 41.7. The van der Waals surface area contributed by atoms with Crippen molar-refractivity contribution in [1.29, 1.82) is 0 Å². The second kappa shape index (κ2) is 43.9. The van der Waals surface area contributed by atoms with Crippen LogP contribution in [-0.2, 0) is 52.3 Å². The molecule has 0 saturated carbocycles. The molecule has 29 nitrogen and oxygen atoms in total. The van der Waals surface area contributed by atoms with Gasteiger partial charge in [-0.3, -0.25) is 19.4 Å². The molecule has 2 heterocycles. The quantitative estimate of drug-likeness (QED) is 0.107. The Balaban J connectivity index is 0. The van der Waals surface area contributed by atoms with Gasteiger partial charge in [0.2, 0.25) is 11.8 Å². The summed E-state index contributed by atoms with van der Waals surface area (Å²) in [6.07, 6.45) is 0.345. The zero-order chi connectivity index (χ0) is 68.7. The van der Waals surface area contributed by atoms with E-state index in [1.807, 2.05) is 17.4 Å². The third-order valence-corrected chi connectivity index (χ3v) is 13.9. The van der Waals surface area contributed by atoms with E-state index in [2.05, 4.69) is 10.6 Å². The molecule has 8 amide bonds. The van der Waals surface area contributed by atoms with E-state index in [9.17, 15) is 53.1 Å². The number of ether oxygens (including phenoxy) is 7. The van der Waals surface area contributed by atoms with Gasteiger partial charge >= 0.3 is 78.1 Å². The van der Waals surface area contributed by atoms with Gasteiger partial charge in [-0.25, -0.2) is 38.4 Å². The fraction of sp³-hybridized carbons (Fsp3) is 0.833. The summed E-state index contributed by atoms with van der Waals surface area (Å²) in [5.41, 5.74) is -3.00. The molecular weight excluding hydrogens is 1250 g/mol. The monoisotopic (exact) mass is 1360 g/mol. The van der Waals surface area contributed by atoms with Gasteiger partial charge in [0.15, 0.2) is 0 Å². The van der Waals surface area contributed by atoms with Crippen molar-refractivity contribution in [3.8, 4) is 0 Å². The number of hydrogen-bond donors (Lipinski definition) is 3. The predicted molar refractivity (Wildman–Crippen MR) is 347 cm³/mol. The zero-order valence-electron chi connectivity index (χ0n) is 58.8. The summed E-state index contributed by atoms with van der Waals surface area (Å²) in [4.78, 5) is 142. The molecule has 528 valence electrons. The second-order valence-corrected chi connectivity index (χ2v) is 28.1. The summed E-state index contributed by atoms with van der Waals surface area (Å²) >= 11 is 3.04. The third-order valence-electron chi connectivity index (χ3n) is 12.6. The number of carboxylic acid groups (broad SMARTS) is 1. The number of nitrogens with one attached hydrogen (secondary N) is 2. The van der Waals surface area contributed by atoms with E-state index >= 15 is 0 Å². The number of amides is 8. The summed E-state index contributed by atoms with van der Waals surface area (Å²) in [6, 6.07) is -1.82. The first-order valence-corrected chi connectivity index (χ1v) is 33.7. The van der Waals surface area contributed by atoms with E-state index in [0.29, 0.717) is 17.9 Å². The molecule has 0 spiro atoms. The number of aliphatic carboxylic acids is 1. The maximum atomic E-state index is 13.2. The van der Waals surface area contributed by atoms with E-state index in [0.717, 1.165) is 0 Å². The normalized spacial score (nSPS) is 16.3. The van der Waals surface area contributed by atoms with Gasteiger partial charge in [-0.1, -0.05) is 0 Å². The van der Waals surface area contributed by atoms with E-state index in [1.165, 1.54) is 41.2 Å². The maximum Gasteiger partial charge on any atom is 1.00 e. The van der Waals surface area contributed by atoms with Crippen LogP contribution in [0.25, 0.3) is 0 Å². The molecule has 92 heavy (non-hydrogen) atoms. The largest absolute Gasteiger partial charge is 1.00 e. The topological polar surface area (TPSA) is 336 Å². The van der Waals surface area contributed by atoms with Crippen molar-refractivity contribution in [2.24, 2.45) is 0 Å². The van der Waals surface area contributed by atoms with Crippen molar-refractivity contribution in [2.75, 3.05) is 148 Å². The van der Waals surface area contributed by atoms with Crippen molar-refractivity contribution < 1.29 is 121 Å². The SMILES string of the molecule is CCOC(=O)C(CCSC)NC(=O)CN1CCN(C(=O)OC(C)C)CCN(C(=O)OC(C)(C)C)CCN(C(=O)OC(C)(C)C)CC1.CSCCC(NC(=O)CN1CCN(C(=O)OC(C)C)CCN(C(=O)OC(C)(C)C)CCN(C(=O)OC(C)(C)C)CC1)C(=O)O.[Na+].[OH-]. The Morgan fingerprint density at radius 1 is 0.424 bits per heavy atom. The number of nitrogens with zero attached hydrogens (tertiary/aromatic N) is 8. The van der Waals surface area contributed by atoms with Crippen LogP contribution >= 0.6 is 23.5 Å². The van der Waals surface area contributed by atoms with Gasteiger partial charge in [0.05, 0.1) is 31.9 Å². The number of thioether (sulfide) groups is 2. The van der Waals surface area contributed by atoms with Crippen LogP contribution in [0.5, 0.6) is 0 Å². The molecule has 32 heteroatoms. The molecule has 2 rings (SSSR count). The van der Waals surface area contributed by atoms with E-state index in [1.54, 1.807) is 134 Å². The standard InChI is InChI=1S/C31H57N5O9S.C29H53N5O9S.Na.H2O/c1-11-42-26(38)24(12-21-46-10)32-25(37)22-33-13-15-34(27(39)43-23(2)3)17-18-36(29(41)45-31(7,8)9)20-19-35(16-14-33)28(40)44-30(4,5)6;1-21(2)41-25(38)32-13-11-31(20-23(35)30-22(24(36)37)10-19-44-9)12-14-33(26(39)42-28(3,4)5)17-18-34(16-15-32)27(40)43-29(6,7)8;;/h23-24H,11-22H2,1-10H3,(H,32,37);21-22H,10-20H2,1-9H3,(H,30,35)(H,36,37);;1H2/q;;+1;/p-1. The first-order valence-electron chi connectivity index (χ1n) is 30.9. The van der Waals surface area contributed by atoms with Crippen LogP contribution in [0.15, 0.2) is 0 Å². The number of rotatable bonds is 17. The predicted octanol–water partition coefficient (Wildman–Crippen LogP) is 3.20. The number of esters is 1. The molecule has 2 saturated heterocycles. The van der Waals surface area contributed by atoms with Crippen molar-refractivity contribution in [3.63, 3.8) is 0 Å². The fourth-order valence-corrected chi connectivity index (χ4v) is 9.23. The summed E-state index contributed by atoms with van der Waals surface area (Å²) in [7, 11) is 0. The molecule has 0 aromatic heterocycles. The fourth-order valence-electron chi connectivity index (χ4n) is 8.29. The van der Waals surface area contributed by atoms with Crippen LogP contribution < -0.4 is 40.2 Å². The minimum absolute atomic E-state index is 0. The molecule has 2 unspecified atom stereocenters. The number of carboxylic acids is 1. The van der Waals surface area contributed by atoms with Crippen molar-refractivity contribution in [2.45, 2.75) is 177 Å². The van der Waals surface area contributed by atoms with Crippen LogP contribution in [0, 0.1) is 0 Å². The Morgan fingerprint density at radius 3 is 0.891 bits per heavy atom. The van der Waals surface area contributed by atoms with E-state index in [-0.39, 0.29) is 184 Å². The number of carbonyl (C=O) groups excluding carboxylic acids is 9. The smallest absolute Gasteiger partial charge is 0.870 e. The second-order valence-electron chi connectivity index (χ2n) is 26.2. The molecule has 0 radical (unpaired) electrons. The van der Waals surface area contributed by atoms with Crippen molar-refractivity contribution in [3.05, 3.63) is 0 Å². The zero-order valence-corrected chi connectivity index (χ0v) is 62.4. The van der Waals surface area contributed by atoms with E-state index in [4.69, 9.17) is 33.2 Å². The minimum atomic E-state index is -1.12. The Kier molecular flexibility index (Phi) is 42.6. The molecule has 4 N–H and O–H groups in total. The Labute approximate surface area is 577 Å². The van der Waals surface area contributed by atoms with Crippen LogP contribution in [0.3, 0.4) is 0 Å². The first kappa shape index (κ1) is 89.1. The van der Waals surface area contributed by atoms with Crippen LogP contribution in [0.2, 0.25) is 0 Å². The van der Waals surface area contributed by atoms with Crippen molar-refractivity contribution in [1.82, 2.24) is 49.8 Å².